The molecule has 1 aromatic heterocycles. The lowest BCUT2D eigenvalue weighted by Crippen LogP contribution is -2.35. The zero-order valence-corrected chi connectivity index (χ0v) is 19.4. The van der Waals surface area contributed by atoms with E-state index in [-0.39, 0.29) is 17.8 Å². The first kappa shape index (κ1) is 21.9. The van der Waals surface area contributed by atoms with Gasteiger partial charge in [-0.2, -0.15) is 5.10 Å². The lowest BCUT2D eigenvalue weighted by Gasteiger charge is -2.33. The Balaban J connectivity index is 1.61. The lowest BCUT2D eigenvalue weighted by atomic mass is 9.95. The van der Waals surface area contributed by atoms with Gasteiger partial charge in [-0.1, -0.05) is 18.7 Å². The number of carbonyl (C=O) groups excluding carboxylic acids is 1. The van der Waals surface area contributed by atoms with Crippen LogP contribution in [0.5, 0.6) is 0 Å². The SMILES string of the molecule is C=C/C(=C\C)c1cc2c(cc1F)N(c1nn([C@H]3CCOC3)c3c1CN(C(C)=O)CC3)CCC2. The van der Waals surface area contributed by atoms with Crippen LogP contribution in [0.2, 0.25) is 0 Å². The highest BCUT2D eigenvalue weighted by atomic mass is 19.1. The second-order valence-electron chi connectivity index (χ2n) is 9.07. The van der Waals surface area contributed by atoms with Gasteiger partial charge in [0.25, 0.3) is 0 Å². The first-order chi connectivity index (χ1) is 16.0. The van der Waals surface area contributed by atoms with Crippen molar-refractivity contribution in [3.05, 3.63) is 59.1 Å². The van der Waals surface area contributed by atoms with Crippen LogP contribution in [0.25, 0.3) is 5.57 Å². The molecule has 1 aromatic carbocycles. The van der Waals surface area contributed by atoms with Crippen molar-refractivity contribution in [1.82, 2.24) is 14.7 Å². The van der Waals surface area contributed by atoms with Crippen LogP contribution in [-0.2, 0) is 28.9 Å². The molecule has 0 aliphatic carbocycles. The quantitative estimate of drug-likeness (QED) is 0.641. The molecule has 2 aromatic rings. The van der Waals surface area contributed by atoms with Crippen LogP contribution in [0, 0.1) is 5.82 Å². The van der Waals surface area contributed by atoms with Crippen molar-refractivity contribution in [2.24, 2.45) is 0 Å². The van der Waals surface area contributed by atoms with Crippen LogP contribution in [0.4, 0.5) is 15.9 Å². The fourth-order valence-electron chi connectivity index (χ4n) is 5.36. The number of hydrogen-bond acceptors (Lipinski definition) is 4. The van der Waals surface area contributed by atoms with E-state index in [4.69, 9.17) is 9.84 Å². The maximum absolute atomic E-state index is 15.2. The maximum atomic E-state index is 15.2. The van der Waals surface area contributed by atoms with Gasteiger partial charge in [-0.25, -0.2) is 4.39 Å². The summed E-state index contributed by atoms with van der Waals surface area (Å²) in [5, 5.41) is 5.08. The van der Waals surface area contributed by atoms with E-state index < -0.39 is 0 Å². The number of allylic oxidation sites excluding steroid dienone is 3. The molecule has 0 bridgehead atoms. The van der Waals surface area contributed by atoms with Crippen LogP contribution in [0.15, 0.2) is 30.9 Å². The number of fused-ring (bicyclic) bond motifs is 2. The number of anilines is 2. The minimum absolute atomic E-state index is 0.0709. The monoisotopic (exact) mass is 450 g/mol. The van der Waals surface area contributed by atoms with Crippen molar-refractivity contribution in [3.63, 3.8) is 0 Å². The fraction of sp³-hybridized carbons (Fsp3) is 0.462. The zero-order valence-electron chi connectivity index (χ0n) is 19.4. The first-order valence-electron chi connectivity index (χ1n) is 11.8. The Morgan fingerprint density at radius 3 is 2.85 bits per heavy atom. The largest absolute Gasteiger partial charge is 0.379 e. The van der Waals surface area contributed by atoms with E-state index >= 15 is 4.39 Å². The molecule has 5 rings (SSSR count). The van der Waals surface area contributed by atoms with Crippen molar-refractivity contribution in [3.8, 4) is 0 Å². The molecule has 0 spiro atoms. The number of nitrogens with zero attached hydrogens (tertiary/aromatic N) is 4. The number of rotatable bonds is 4. The second-order valence-corrected chi connectivity index (χ2v) is 9.07. The number of halogens is 1. The summed E-state index contributed by atoms with van der Waals surface area (Å²) in [4.78, 5) is 16.2. The summed E-state index contributed by atoms with van der Waals surface area (Å²) in [6, 6.07) is 3.82. The minimum Gasteiger partial charge on any atom is -0.379 e. The molecule has 0 saturated carbocycles. The van der Waals surface area contributed by atoms with Crippen LogP contribution in [0.1, 0.15) is 55.1 Å². The van der Waals surface area contributed by atoms with Crippen molar-refractivity contribution >= 4 is 23.0 Å². The molecule has 1 atom stereocenters. The van der Waals surface area contributed by atoms with E-state index in [0.29, 0.717) is 25.3 Å². The number of carbonyl (C=O) groups is 1. The Labute approximate surface area is 194 Å². The lowest BCUT2D eigenvalue weighted by molar-refractivity contribution is -0.129. The summed E-state index contributed by atoms with van der Waals surface area (Å²) < 4.78 is 23.0. The van der Waals surface area contributed by atoms with Crippen molar-refractivity contribution in [2.75, 3.05) is 31.2 Å². The molecule has 174 valence electrons. The third-order valence-electron chi connectivity index (χ3n) is 7.15. The highest BCUT2D eigenvalue weighted by Gasteiger charge is 2.34. The third kappa shape index (κ3) is 3.78. The Kier molecular flexibility index (Phi) is 5.83. The number of aromatic nitrogens is 2. The zero-order chi connectivity index (χ0) is 23.1. The molecule has 1 fully saturated rings. The molecule has 4 heterocycles. The molecular weight excluding hydrogens is 419 g/mol. The first-order valence-corrected chi connectivity index (χ1v) is 11.8. The molecule has 1 saturated heterocycles. The second kappa shape index (κ2) is 8.78. The summed E-state index contributed by atoms with van der Waals surface area (Å²) in [5.41, 5.74) is 5.65. The van der Waals surface area contributed by atoms with Gasteiger partial charge in [0, 0.05) is 55.5 Å². The highest BCUT2D eigenvalue weighted by molar-refractivity contribution is 5.78. The van der Waals surface area contributed by atoms with Crippen LogP contribution in [-0.4, -0.2) is 46.9 Å². The topological polar surface area (TPSA) is 50.6 Å². The highest BCUT2D eigenvalue weighted by Crippen LogP contribution is 2.40. The summed E-state index contributed by atoms with van der Waals surface area (Å²) in [6.45, 7) is 10.8. The Bertz CT molecular complexity index is 1130. The van der Waals surface area contributed by atoms with Gasteiger partial charge >= 0.3 is 0 Å². The van der Waals surface area contributed by atoms with E-state index in [0.717, 1.165) is 67.0 Å². The fourth-order valence-corrected chi connectivity index (χ4v) is 5.36. The number of hydrogen-bond donors (Lipinski definition) is 0. The van der Waals surface area contributed by atoms with Crippen molar-refractivity contribution < 1.29 is 13.9 Å². The van der Waals surface area contributed by atoms with Gasteiger partial charge in [0.2, 0.25) is 5.91 Å². The molecule has 3 aliphatic heterocycles. The molecular formula is C26H31FN4O2. The Morgan fingerprint density at radius 1 is 1.30 bits per heavy atom. The van der Waals surface area contributed by atoms with Crippen LogP contribution < -0.4 is 4.90 Å². The average molecular weight is 451 g/mol. The van der Waals surface area contributed by atoms with Gasteiger partial charge in [0.15, 0.2) is 5.82 Å². The molecule has 3 aliphatic rings. The maximum Gasteiger partial charge on any atom is 0.219 e. The van der Waals surface area contributed by atoms with Gasteiger partial charge in [0.1, 0.15) is 5.82 Å². The predicted octanol–water partition coefficient (Wildman–Crippen LogP) is 4.56. The molecule has 0 radical (unpaired) electrons. The number of ether oxygens (including phenoxy) is 1. The van der Waals surface area contributed by atoms with E-state index in [1.807, 2.05) is 24.0 Å². The summed E-state index contributed by atoms with van der Waals surface area (Å²) in [5.74, 6) is 0.670. The number of benzene rings is 1. The van der Waals surface area contributed by atoms with E-state index in [2.05, 4.69) is 16.2 Å². The molecule has 0 unspecified atom stereocenters. The standard InChI is InChI=1S/C26H31FN4O2/c1-4-18(5-2)21-13-19-7-6-10-30(25(19)14-23(21)27)26-22-15-29(17(3)32)11-8-24(22)31(28-26)20-9-12-33-16-20/h4-5,13-14,20H,1,6-12,15-16H2,2-3H3/b18-5+/t20-/m0/s1. The van der Waals surface area contributed by atoms with E-state index in [1.165, 1.54) is 5.69 Å². The van der Waals surface area contributed by atoms with Gasteiger partial charge in [-0.3, -0.25) is 9.48 Å². The number of amides is 1. The van der Waals surface area contributed by atoms with Crippen molar-refractivity contribution in [1.29, 1.82) is 0 Å². The summed E-state index contributed by atoms with van der Waals surface area (Å²) in [7, 11) is 0. The van der Waals surface area contributed by atoms with Crippen LogP contribution >= 0.6 is 0 Å². The normalized spacial score (nSPS) is 20.6. The van der Waals surface area contributed by atoms with Gasteiger partial charge < -0.3 is 14.5 Å². The Hall–Kier alpha value is -2.93. The van der Waals surface area contributed by atoms with Gasteiger partial charge in [0.05, 0.1) is 19.2 Å². The minimum atomic E-state index is -0.253. The predicted molar refractivity (Wildman–Crippen MR) is 127 cm³/mol. The van der Waals surface area contributed by atoms with E-state index in [9.17, 15) is 4.79 Å². The smallest absolute Gasteiger partial charge is 0.219 e. The average Bonchev–Trinajstić information content (AvgIpc) is 3.47. The van der Waals surface area contributed by atoms with Crippen molar-refractivity contribution in [2.45, 2.75) is 52.1 Å². The number of aryl methyl sites for hydroxylation is 1. The van der Waals surface area contributed by atoms with Gasteiger partial charge in [-0.15, -0.1) is 0 Å². The third-order valence-corrected chi connectivity index (χ3v) is 7.15. The molecule has 0 N–H and O–H groups in total. The molecule has 33 heavy (non-hydrogen) atoms. The molecule has 6 nitrogen and oxygen atoms in total. The Morgan fingerprint density at radius 2 is 2.15 bits per heavy atom. The summed E-state index contributed by atoms with van der Waals surface area (Å²) in [6.07, 6.45) is 7.15. The van der Waals surface area contributed by atoms with Crippen LogP contribution in [0.3, 0.4) is 0 Å². The van der Waals surface area contributed by atoms with Gasteiger partial charge in [-0.05, 0) is 49.5 Å². The summed E-state index contributed by atoms with van der Waals surface area (Å²) >= 11 is 0. The van der Waals surface area contributed by atoms with E-state index in [1.54, 1.807) is 19.1 Å². The molecule has 7 heteroatoms. The molecule has 1 amide bonds.